The summed E-state index contributed by atoms with van der Waals surface area (Å²) >= 11 is 6.01. The van der Waals surface area contributed by atoms with Crippen molar-refractivity contribution < 1.29 is 0 Å². The molecule has 0 saturated carbocycles. The molecule has 0 atom stereocenters. The van der Waals surface area contributed by atoms with Crippen LogP contribution in [0.4, 0.5) is 11.4 Å². The zero-order valence-electron chi connectivity index (χ0n) is 11.2. The topological polar surface area (TPSA) is 40.5 Å². The third-order valence-electron chi connectivity index (χ3n) is 3.29. The van der Waals surface area contributed by atoms with Gasteiger partial charge in [-0.25, -0.2) is 4.98 Å². The summed E-state index contributed by atoms with van der Waals surface area (Å²) in [4.78, 5) is 11.0. The quantitative estimate of drug-likeness (QED) is 0.819. The number of amidine groups is 1. The normalized spacial score (nSPS) is 16.5. The number of nitrogens with one attached hydrogen (secondary N) is 1. The van der Waals surface area contributed by atoms with Crippen LogP contribution < -0.4 is 10.2 Å². The second kappa shape index (κ2) is 5.51. The molecule has 2 heterocycles. The molecule has 1 aromatic carbocycles. The van der Waals surface area contributed by atoms with Crippen LogP contribution in [0, 0.1) is 0 Å². The first-order valence-corrected chi connectivity index (χ1v) is 6.82. The Balaban J connectivity index is 2.02. The molecule has 1 aliphatic heterocycles. The van der Waals surface area contributed by atoms with Crippen molar-refractivity contribution in [2.45, 2.75) is 6.54 Å². The maximum Gasteiger partial charge on any atom is 0.129 e. The number of benzene rings is 1. The van der Waals surface area contributed by atoms with E-state index < -0.39 is 0 Å². The van der Waals surface area contributed by atoms with Crippen LogP contribution in [-0.2, 0) is 6.54 Å². The molecular weight excluding hydrogens is 272 g/mol. The number of rotatable bonds is 1. The molecule has 1 aliphatic rings. The Bertz CT molecular complexity index is 640. The molecule has 1 N–H and O–H groups in total. The number of hydrogen-bond acceptors (Lipinski definition) is 3. The van der Waals surface area contributed by atoms with Crippen LogP contribution in [0.25, 0.3) is 0 Å². The smallest absolute Gasteiger partial charge is 0.129 e. The number of pyridine rings is 1. The lowest BCUT2D eigenvalue weighted by Crippen LogP contribution is -2.30. The number of nitrogens with zero attached hydrogens (tertiary/aromatic N) is 3. The van der Waals surface area contributed by atoms with E-state index in [4.69, 9.17) is 11.6 Å². The van der Waals surface area contributed by atoms with Crippen LogP contribution >= 0.6 is 11.6 Å². The Morgan fingerprint density at radius 1 is 1.15 bits per heavy atom. The van der Waals surface area contributed by atoms with E-state index in [1.54, 1.807) is 13.1 Å². The summed E-state index contributed by atoms with van der Waals surface area (Å²) in [5.74, 6) is 0.914. The number of aliphatic imine (C=N–C) groups is 1. The van der Waals surface area contributed by atoms with Gasteiger partial charge in [0.15, 0.2) is 0 Å². The Labute approximate surface area is 123 Å². The largest absolute Gasteiger partial charge is 0.358 e. The highest BCUT2D eigenvalue weighted by molar-refractivity contribution is 6.29. The van der Waals surface area contributed by atoms with Crippen molar-refractivity contribution >= 4 is 28.8 Å². The van der Waals surface area contributed by atoms with E-state index in [-0.39, 0.29) is 0 Å². The van der Waals surface area contributed by atoms with Crippen molar-refractivity contribution in [3.63, 3.8) is 0 Å². The second-order valence-electron chi connectivity index (χ2n) is 4.62. The van der Waals surface area contributed by atoms with Crippen LogP contribution in [0.2, 0.25) is 5.15 Å². The van der Waals surface area contributed by atoms with E-state index in [0.717, 1.165) is 22.9 Å². The fourth-order valence-corrected chi connectivity index (χ4v) is 2.43. The van der Waals surface area contributed by atoms with Gasteiger partial charge < -0.3 is 10.2 Å². The third kappa shape index (κ3) is 2.60. The molecule has 1 aromatic heterocycles. The molecule has 3 rings (SSSR count). The summed E-state index contributed by atoms with van der Waals surface area (Å²) in [5, 5.41) is 3.83. The second-order valence-corrected chi connectivity index (χ2v) is 5.00. The van der Waals surface area contributed by atoms with Crippen LogP contribution in [0.1, 0.15) is 5.69 Å². The number of hydrogen-bond donors (Lipinski definition) is 1. The van der Waals surface area contributed by atoms with Gasteiger partial charge in [0.25, 0.3) is 0 Å². The van der Waals surface area contributed by atoms with Gasteiger partial charge in [-0.1, -0.05) is 29.8 Å². The molecule has 0 fully saturated rings. The van der Waals surface area contributed by atoms with Crippen LogP contribution in [0.3, 0.4) is 0 Å². The lowest BCUT2D eigenvalue weighted by molar-refractivity contribution is 0.865. The Morgan fingerprint density at radius 2 is 1.95 bits per heavy atom. The molecule has 2 aromatic rings. The fraction of sp³-hybridized carbons (Fsp3) is 0.200. The van der Waals surface area contributed by atoms with Gasteiger partial charge in [-0.15, -0.1) is 0 Å². The Kier molecular flexibility index (Phi) is 3.56. The summed E-state index contributed by atoms with van der Waals surface area (Å²) in [6.07, 6.45) is 0. The maximum absolute atomic E-state index is 6.01. The lowest BCUT2D eigenvalue weighted by atomic mass is 10.2. The van der Waals surface area contributed by atoms with E-state index >= 15 is 0 Å². The van der Waals surface area contributed by atoms with Gasteiger partial charge in [0.1, 0.15) is 11.0 Å². The van der Waals surface area contributed by atoms with Gasteiger partial charge >= 0.3 is 0 Å². The number of fused-ring (bicyclic) bond motifs is 1. The molecule has 0 bridgehead atoms. The van der Waals surface area contributed by atoms with Crippen molar-refractivity contribution in [2.24, 2.45) is 4.99 Å². The fourth-order valence-electron chi connectivity index (χ4n) is 2.27. The third-order valence-corrected chi connectivity index (χ3v) is 3.50. The lowest BCUT2D eigenvalue weighted by Gasteiger charge is -2.22. The maximum atomic E-state index is 6.01. The summed E-state index contributed by atoms with van der Waals surface area (Å²) in [6, 6.07) is 14.0. The average Bonchev–Trinajstić information content (AvgIpc) is 2.67. The van der Waals surface area contributed by atoms with Crippen molar-refractivity contribution in [2.75, 3.05) is 23.8 Å². The zero-order valence-corrected chi connectivity index (χ0v) is 11.9. The molecule has 0 amide bonds. The minimum absolute atomic E-state index is 0.510. The first kappa shape index (κ1) is 12.9. The first-order valence-electron chi connectivity index (χ1n) is 6.44. The van der Waals surface area contributed by atoms with Crippen LogP contribution in [0.5, 0.6) is 0 Å². The molecule has 0 unspecified atom stereocenters. The van der Waals surface area contributed by atoms with Gasteiger partial charge in [-0.2, -0.15) is 0 Å². The molecule has 102 valence electrons. The SMILES string of the molecule is CN=C1CN(c2ccccc2)Cc2nc(Cl)ccc2N1. The molecule has 0 radical (unpaired) electrons. The Hall–Kier alpha value is -2.07. The standard InChI is InChI=1S/C15H15ClN4/c1-17-15-10-20(11-5-3-2-4-6-11)9-13-12(19-15)7-8-14(16)18-13/h2-8H,9-10H2,1H3,(H,17,19). The zero-order chi connectivity index (χ0) is 13.9. The average molecular weight is 287 g/mol. The highest BCUT2D eigenvalue weighted by Crippen LogP contribution is 2.24. The van der Waals surface area contributed by atoms with E-state index in [9.17, 15) is 0 Å². The number of anilines is 2. The number of aromatic nitrogens is 1. The minimum atomic E-state index is 0.510. The predicted molar refractivity (Wildman–Crippen MR) is 83.7 cm³/mol. The van der Waals surface area contributed by atoms with Crippen LogP contribution in [0.15, 0.2) is 47.5 Å². The summed E-state index contributed by atoms with van der Waals surface area (Å²) in [5.41, 5.74) is 3.04. The van der Waals surface area contributed by atoms with E-state index in [2.05, 4.69) is 32.3 Å². The number of para-hydroxylation sites is 1. The van der Waals surface area contributed by atoms with Crippen molar-refractivity contribution in [1.82, 2.24) is 4.98 Å². The van der Waals surface area contributed by atoms with E-state index in [1.807, 2.05) is 24.3 Å². The molecular formula is C15H15ClN4. The molecule has 0 spiro atoms. The summed E-state index contributed by atoms with van der Waals surface area (Å²) in [6.45, 7) is 1.42. The highest BCUT2D eigenvalue weighted by atomic mass is 35.5. The van der Waals surface area contributed by atoms with Crippen molar-refractivity contribution in [3.05, 3.63) is 53.3 Å². The van der Waals surface area contributed by atoms with Gasteiger partial charge in [0.05, 0.1) is 24.5 Å². The minimum Gasteiger partial charge on any atom is -0.358 e. The molecule has 0 saturated heterocycles. The van der Waals surface area contributed by atoms with Gasteiger partial charge in [0.2, 0.25) is 0 Å². The molecule has 5 heteroatoms. The molecule has 20 heavy (non-hydrogen) atoms. The van der Waals surface area contributed by atoms with Crippen molar-refractivity contribution in [1.29, 1.82) is 0 Å². The summed E-state index contributed by atoms with van der Waals surface area (Å²) in [7, 11) is 1.79. The van der Waals surface area contributed by atoms with Gasteiger partial charge in [-0.05, 0) is 24.3 Å². The van der Waals surface area contributed by atoms with E-state index in [0.29, 0.717) is 18.2 Å². The summed E-state index contributed by atoms with van der Waals surface area (Å²) < 4.78 is 0. The Morgan fingerprint density at radius 3 is 2.70 bits per heavy atom. The molecule has 4 nitrogen and oxygen atoms in total. The monoisotopic (exact) mass is 286 g/mol. The highest BCUT2D eigenvalue weighted by Gasteiger charge is 2.19. The molecule has 0 aliphatic carbocycles. The number of halogens is 1. The van der Waals surface area contributed by atoms with Crippen molar-refractivity contribution in [3.8, 4) is 0 Å². The van der Waals surface area contributed by atoms with Gasteiger partial charge in [0, 0.05) is 12.7 Å². The predicted octanol–water partition coefficient (Wildman–Crippen LogP) is 3.20. The van der Waals surface area contributed by atoms with Crippen LogP contribution in [-0.4, -0.2) is 24.4 Å². The first-order chi connectivity index (χ1) is 9.76. The van der Waals surface area contributed by atoms with Gasteiger partial charge in [-0.3, -0.25) is 4.99 Å². The van der Waals surface area contributed by atoms with E-state index in [1.165, 1.54) is 0 Å².